The van der Waals surface area contributed by atoms with Gasteiger partial charge in [-0.3, -0.25) is 14.3 Å². The minimum absolute atomic E-state index is 0.0664. The van der Waals surface area contributed by atoms with E-state index in [1.54, 1.807) is 42.5 Å². The van der Waals surface area contributed by atoms with Crippen molar-refractivity contribution in [3.63, 3.8) is 0 Å². The van der Waals surface area contributed by atoms with Gasteiger partial charge < -0.3 is 10.6 Å². The van der Waals surface area contributed by atoms with Crippen molar-refractivity contribution >= 4 is 38.9 Å². The molecule has 8 heteroatoms. The normalized spacial score (nSPS) is 11.6. The summed E-state index contributed by atoms with van der Waals surface area (Å²) in [6, 6.07) is 31.3. The minimum atomic E-state index is -4.06. The van der Waals surface area contributed by atoms with Gasteiger partial charge in [0.15, 0.2) is 0 Å². The third-order valence-corrected chi connectivity index (χ3v) is 7.48. The first-order valence-corrected chi connectivity index (χ1v) is 14.0. The average Bonchev–Trinajstić information content (AvgIpc) is 2.91. The van der Waals surface area contributed by atoms with Crippen LogP contribution in [0.4, 0.5) is 17.1 Å². The Morgan fingerprint density at radius 3 is 1.67 bits per heavy atom. The Morgan fingerprint density at radius 2 is 1.13 bits per heavy atom. The molecule has 0 fully saturated rings. The molecule has 3 N–H and O–H groups in total. The van der Waals surface area contributed by atoms with Crippen molar-refractivity contribution in [1.82, 2.24) is 0 Å². The van der Waals surface area contributed by atoms with E-state index in [4.69, 9.17) is 0 Å². The number of para-hydroxylation sites is 1. The van der Waals surface area contributed by atoms with Crippen molar-refractivity contribution in [3.8, 4) is 0 Å². The number of carbonyl (C=O) groups excluding carboxylic acids is 2. The summed E-state index contributed by atoms with van der Waals surface area (Å²) in [5.41, 5.74) is 2.06. The van der Waals surface area contributed by atoms with Gasteiger partial charge in [-0.05, 0) is 47.5 Å². The highest BCUT2D eigenvalue weighted by atomic mass is 32.2. The van der Waals surface area contributed by atoms with Crippen LogP contribution in [0, 0.1) is 5.41 Å². The molecule has 0 spiro atoms. The summed E-state index contributed by atoms with van der Waals surface area (Å²) in [6.45, 7) is 5.43. The van der Waals surface area contributed by atoms with E-state index in [0.717, 1.165) is 11.1 Å². The number of hydrogen-bond donors (Lipinski definition) is 3. The van der Waals surface area contributed by atoms with Crippen LogP contribution in [-0.2, 0) is 19.6 Å². The first kappa shape index (κ1) is 27.6. The van der Waals surface area contributed by atoms with E-state index < -0.39 is 21.4 Å². The van der Waals surface area contributed by atoms with Gasteiger partial charge >= 0.3 is 0 Å². The highest BCUT2D eigenvalue weighted by Crippen LogP contribution is 2.29. The monoisotopic (exact) mass is 541 g/mol. The quantitative estimate of drug-likeness (QED) is 0.245. The second-order valence-corrected chi connectivity index (χ2v) is 11.8. The van der Waals surface area contributed by atoms with Gasteiger partial charge in [0.2, 0.25) is 11.8 Å². The zero-order valence-corrected chi connectivity index (χ0v) is 22.8. The van der Waals surface area contributed by atoms with Crippen molar-refractivity contribution in [3.05, 3.63) is 120 Å². The second-order valence-electron chi connectivity index (χ2n) is 10.1. The van der Waals surface area contributed by atoms with Gasteiger partial charge in [0, 0.05) is 16.8 Å². The van der Waals surface area contributed by atoms with E-state index in [9.17, 15) is 18.0 Å². The van der Waals surface area contributed by atoms with Gasteiger partial charge in [0.25, 0.3) is 10.0 Å². The van der Waals surface area contributed by atoms with Crippen molar-refractivity contribution in [2.45, 2.75) is 31.6 Å². The molecule has 0 saturated heterocycles. The number of benzene rings is 4. The third-order valence-electron chi connectivity index (χ3n) is 6.04. The molecular weight excluding hydrogens is 510 g/mol. The smallest absolute Gasteiger partial charge is 0.263 e. The molecule has 200 valence electrons. The number of carbonyl (C=O) groups is 2. The van der Waals surface area contributed by atoms with E-state index in [-0.39, 0.29) is 22.4 Å². The van der Waals surface area contributed by atoms with E-state index in [1.807, 2.05) is 81.4 Å². The largest absolute Gasteiger partial charge is 0.326 e. The van der Waals surface area contributed by atoms with Gasteiger partial charge in [-0.1, -0.05) is 93.6 Å². The molecule has 0 bridgehead atoms. The van der Waals surface area contributed by atoms with Crippen LogP contribution in [0.5, 0.6) is 0 Å². The molecule has 0 heterocycles. The first-order valence-electron chi connectivity index (χ1n) is 12.5. The van der Waals surface area contributed by atoms with E-state index in [0.29, 0.717) is 11.4 Å². The van der Waals surface area contributed by atoms with Crippen molar-refractivity contribution in [1.29, 1.82) is 0 Å². The maximum absolute atomic E-state index is 13.6. The predicted molar refractivity (Wildman–Crippen MR) is 155 cm³/mol. The molecule has 4 aromatic rings. The Kier molecular flexibility index (Phi) is 8.16. The van der Waals surface area contributed by atoms with Crippen molar-refractivity contribution in [2.75, 3.05) is 15.4 Å². The Balaban J connectivity index is 1.57. The Labute approximate surface area is 229 Å². The number of nitrogens with one attached hydrogen (secondary N) is 3. The van der Waals surface area contributed by atoms with Gasteiger partial charge in [-0.25, -0.2) is 8.42 Å². The summed E-state index contributed by atoms with van der Waals surface area (Å²) in [5.74, 6) is -1.13. The van der Waals surface area contributed by atoms with Gasteiger partial charge in [-0.15, -0.1) is 0 Å². The van der Waals surface area contributed by atoms with Gasteiger partial charge in [-0.2, -0.15) is 0 Å². The molecule has 0 aliphatic heterocycles. The minimum Gasteiger partial charge on any atom is -0.326 e. The molecule has 39 heavy (non-hydrogen) atoms. The number of rotatable bonds is 8. The maximum Gasteiger partial charge on any atom is 0.263 e. The summed E-state index contributed by atoms with van der Waals surface area (Å²) >= 11 is 0. The van der Waals surface area contributed by atoms with Crippen LogP contribution in [0.25, 0.3) is 0 Å². The average molecular weight is 542 g/mol. The second kappa shape index (κ2) is 11.5. The number of anilines is 3. The third kappa shape index (κ3) is 6.91. The molecule has 0 atom stereocenters. The molecule has 0 radical (unpaired) electrons. The molecule has 0 aromatic heterocycles. The van der Waals surface area contributed by atoms with Crippen LogP contribution < -0.4 is 15.4 Å². The number of sulfonamides is 1. The highest BCUT2D eigenvalue weighted by Gasteiger charge is 2.26. The van der Waals surface area contributed by atoms with Gasteiger partial charge in [0.05, 0.1) is 11.6 Å². The molecule has 4 aromatic carbocycles. The van der Waals surface area contributed by atoms with Crippen molar-refractivity contribution < 1.29 is 18.0 Å². The van der Waals surface area contributed by atoms with Crippen molar-refractivity contribution in [2.24, 2.45) is 5.41 Å². The van der Waals surface area contributed by atoms with E-state index in [1.165, 1.54) is 6.07 Å². The van der Waals surface area contributed by atoms with Crippen LogP contribution in [0.15, 0.2) is 114 Å². The lowest BCUT2D eigenvalue weighted by atomic mass is 9.90. The molecule has 0 aliphatic carbocycles. The molecular formula is C31H31N3O4S. The fourth-order valence-electron chi connectivity index (χ4n) is 3.95. The lowest BCUT2D eigenvalue weighted by molar-refractivity contribution is -0.123. The van der Waals surface area contributed by atoms with E-state index in [2.05, 4.69) is 15.4 Å². The lowest BCUT2D eigenvalue weighted by Gasteiger charge is -2.20. The fourth-order valence-corrected chi connectivity index (χ4v) is 5.17. The first-order chi connectivity index (χ1) is 18.5. The molecule has 0 unspecified atom stereocenters. The predicted octanol–water partition coefficient (Wildman–Crippen LogP) is 6.24. The maximum atomic E-state index is 13.6. The zero-order valence-electron chi connectivity index (χ0n) is 22.0. The summed E-state index contributed by atoms with van der Waals surface area (Å²) in [4.78, 5) is 25.8. The molecule has 0 aliphatic rings. The van der Waals surface area contributed by atoms with E-state index >= 15 is 0 Å². The lowest BCUT2D eigenvalue weighted by Crippen LogP contribution is -2.27. The van der Waals surface area contributed by atoms with Crippen LogP contribution in [0.3, 0.4) is 0 Å². The number of amides is 2. The standard InChI is InChI=1S/C31H31N3O4S/c1-31(2,3)30(36)32-24-18-20-25(21-19-24)34-39(37,38)27-17-11-10-16-26(27)33-29(35)28(22-12-6-4-7-13-22)23-14-8-5-9-15-23/h4-21,28,34H,1-3H3,(H,32,36)(H,33,35). The fraction of sp³-hybridized carbons (Fsp3) is 0.161. The summed E-state index contributed by atoms with van der Waals surface area (Å²) in [5, 5.41) is 5.65. The topological polar surface area (TPSA) is 104 Å². The van der Waals surface area contributed by atoms with Gasteiger partial charge in [0.1, 0.15) is 4.90 Å². The molecule has 2 amide bonds. The summed E-state index contributed by atoms with van der Waals surface area (Å²) in [6.07, 6.45) is 0. The summed E-state index contributed by atoms with van der Waals surface area (Å²) in [7, 11) is -4.06. The number of hydrogen-bond acceptors (Lipinski definition) is 4. The molecule has 7 nitrogen and oxygen atoms in total. The zero-order chi connectivity index (χ0) is 28.0. The van der Waals surface area contributed by atoms with Crippen LogP contribution in [0.1, 0.15) is 37.8 Å². The van der Waals surface area contributed by atoms with Crippen LogP contribution in [0.2, 0.25) is 0 Å². The Morgan fingerprint density at radius 1 is 0.641 bits per heavy atom. The molecule has 4 rings (SSSR count). The Hall–Kier alpha value is -4.43. The summed E-state index contributed by atoms with van der Waals surface area (Å²) < 4.78 is 29.3. The van der Waals surface area contributed by atoms with Crippen LogP contribution in [-0.4, -0.2) is 20.2 Å². The van der Waals surface area contributed by atoms with Crippen LogP contribution >= 0.6 is 0 Å². The Bertz CT molecular complexity index is 1510. The SMILES string of the molecule is CC(C)(C)C(=O)Nc1ccc(NS(=O)(=O)c2ccccc2NC(=O)C(c2ccccc2)c2ccccc2)cc1. The highest BCUT2D eigenvalue weighted by molar-refractivity contribution is 7.92. The molecule has 0 saturated carbocycles.